The van der Waals surface area contributed by atoms with Crippen LogP contribution in [0.1, 0.15) is 12.5 Å². The van der Waals surface area contributed by atoms with E-state index >= 15 is 0 Å². The Labute approximate surface area is 180 Å². The van der Waals surface area contributed by atoms with Gasteiger partial charge in [0.25, 0.3) is 0 Å². The Kier molecular flexibility index (Phi) is 7.12. The van der Waals surface area contributed by atoms with Crippen molar-refractivity contribution in [3.8, 4) is 5.88 Å². The van der Waals surface area contributed by atoms with Crippen molar-refractivity contribution < 1.29 is 31.5 Å². The molecular weight excluding hydrogens is 439 g/mol. The van der Waals surface area contributed by atoms with Gasteiger partial charge in [-0.3, -0.25) is 14.3 Å². The maximum atomic E-state index is 13.3. The Morgan fingerprint density at radius 3 is 2.50 bits per heavy atom. The number of nitrogens with zero attached hydrogens (tertiary/aromatic N) is 4. The van der Waals surface area contributed by atoms with E-state index in [1.165, 1.54) is 6.07 Å². The molecule has 1 aromatic carbocycles. The largest absolute Gasteiger partial charge is 0.473 e. The number of aromatic nitrogens is 2. The van der Waals surface area contributed by atoms with Crippen LogP contribution in [0.4, 0.5) is 27.8 Å². The van der Waals surface area contributed by atoms with E-state index in [4.69, 9.17) is 9.53 Å². The number of ether oxygens (including phenoxy) is 1. The highest BCUT2D eigenvalue weighted by Gasteiger charge is 2.35. The smallest absolute Gasteiger partial charge is 0.446 e. The van der Waals surface area contributed by atoms with Gasteiger partial charge in [0, 0.05) is 25.7 Å². The van der Waals surface area contributed by atoms with Gasteiger partial charge in [-0.05, 0) is 24.2 Å². The van der Waals surface area contributed by atoms with Crippen molar-refractivity contribution >= 4 is 12.1 Å². The second kappa shape index (κ2) is 9.63. The number of hydrogen-bond acceptors (Lipinski definition) is 6. The molecule has 0 bridgehead atoms. The van der Waals surface area contributed by atoms with Gasteiger partial charge in [0.1, 0.15) is 12.4 Å². The monoisotopic (exact) mass is 460 g/mol. The summed E-state index contributed by atoms with van der Waals surface area (Å²) in [4.78, 5) is 29.6. The molecule has 1 unspecified atom stereocenters. The highest BCUT2D eigenvalue weighted by molar-refractivity contribution is 5.56. The number of aldehydes is 1. The van der Waals surface area contributed by atoms with Crippen molar-refractivity contribution in [1.82, 2.24) is 14.5 Å². The summed E-state index contributed by atoms with van der Waals surface area (Å²) in [5, 5.41) is 0. The number of carbonyl (C=O) groups excluding carboxylic acids is 1. The first-order valence-electron chi connectivity index (χ1n) is 9.82. The minimum atomic E-state index is -4.64. The van der Waals surface area contributed by atoms with Crippen LogP contribution in [0.15, 0.2) is 29.1 Å². The third-order valence-corrected chi connectivity index (χ3v) is 5.17. The van der Waals surface area contributed by atoms with Crippen molar-refractivity contribution in [2.75, 3.05) is 31.1 Å². The van der Waals surface area contributed by atoms with Crippen LogP contribution in [0.5, 0.6) is 5.88 Å². The predicted octanol–water partition coefficient (Wildman–Crippen LogP) is 2.37. The number of benzene rings is 1. The van der Waals surface area contributed by atoms with E-state index in [1.54, 1.807) is 10.6 Å². The molecule has 1 atom stereocenters. The van der Waals surface area contributed by atoms with Gasteiger partial charge < -0.3 is 9.64 Å². The zero-order chi connectivity index (χ0) is 23.5. The third-order valence-electron chi connectivity index (χ3n) is 5.17. The standard InChI is InChI=1S/C18H20F2N4O2.C2HF3O/c1-2-22-5-6-23-13(9-22)10-24-17(23)8-16(21-18(24)25)26-11-12-3-4-14(19)15(20)7-12;3-2(4,5)1-6/h3-4,7-8,13H,2,5-6,9-11H2,1H3;1H. The normalized spacial score (nSPS) is 17.8. The summed E-state index contributed by atoms with van der Waals surface area (Å²) in [6, 6.07) is 5.59. The Hall–Kier alpha value is -3.02. The van der Waals surface area contributed by atoms with Crippen molar-refractivity contribution in [2.45, 2.75) is 32.3 Å². The van der Waals surface area contributed by atoms with Gasteiger partial charge in [-0.25, -0.2) is 13.6 Å². The molecule has 0 radical (unpaired) electrons. The lowest BCUT2D eigenvalue weighted by molar-refractivity contribution is -0.156. The van der Waals surface area contributed by atoms with Crippen LogP contribution in [-0.4, -0.2) is 59.1 Å². The van der Waals surface area contributed by atoms with Crippen molar-refractivity contribution in [2.24, 2.45) is 0 Å². The minimum Gasteiger partial charge on any atom is -0.473 e. The second-order valence-electron chi connectivity index (χ2n) is 7.28. The lowest BCUT2D eigenvalue weighted by Crippen LogP contribution is -2.51. The number of fused-ring (bicyclic) bond motifs is 3. The van der Waals surface area contributed by atoms with Gasteiger partial charge in [-0.15, -0.1) is 0 Å². The summed E-state index contributed by atoms with van der Waals surface area (Å²) < 4.78 is 64.8. The third kappa shape index (κ3) is 5.61. The highest BCUT2D eigenvalue weighted by Crippen LogP contribution is 2.29. The summed E-state index contributed by atoms with van der Waals surface area (Å²) in [6.07, 6.45) is -5.70. The molecule has 1 fully saturated rings. The van der Waals surface area contributed by atoms with Crippen LogP contribution in [0, 0.1) is 11.6 Å². The molecule has 4 rings (SSSR count). The Bertz CT molecular complexity index is 1030. The lowest BCUT2D eigenvalue weighted by Gasteiger charge is -2.37. The first-order valence-corrected chi connectivity index (χ1v) is 9.82. The number of carbonyl (C=O) groups is 1. The maximum absolute atomic E-state index is 13.3. The summed E-state index contributed by atoms with van der Waals surface area (Å²) in [5.74, 6) is -0.819. The highest BCUT2D eigenvalue weighted by atomic mass is 19.4. The predicted molar refractivity (Wildman–Crippen MR) is 105 cm³/mol. The molecule has 0 amide bonds. The molecule has 3 heterocycles. The van der Waals surface area contributed by atoms with Crippen LogP contribution in [0.3, 0.4) is 0 Å². The molecule has 0 saturated carbocycles. The van der Waals surface area contributed by atoms with Gasteiger partial charge in [0.05, 0.1) is 12.6 Å². The topological polar surface area (TPSA) is 67.7 Å². The number of hydrogen-bond donors (Lipinski definition) is 0. The Morgan fingerprint density at radius 1 is 1.16 bits per heavy atom. The number of piperazine rings is 1. The Balaban J connectivity index is 0.000000427. The molecule has 32 heavy (non-hydrogen) atoms. The lowest BCUT2D eigenvalue weighted by atomic mass is 10.2. The fourth-order valence-electron chi connectivity index (χ4n) is 3.62. The van der Waals surface area contributed by atoms with Crippen LogP contribution in [0.25, 0.3) is 0 Å². The molecular formula is C20H21F5N4O3. The van der Waals surface area contributed by atoms with E-state index in [9.17, 15) is 26.7 Å². The zero-order valence-corrected chi connectivity index (χ0v) is 17.1. The number of likely N-dealkylation sites (N-methyl/N-ethyl adjacent to an activating group) is 1. The van der Waals surface area contributed by atoms with Gasteiger partial charge in [0.15, 0.2) is 11.6 Å². The van der Waals surface area contributed by atoms with E-state index in [0.29, 0.717) is 12.1 Å². The van der Waals surface area contributed by atoms with E-state index < -0.39 is 24.1 Å². The molecule has 1 saturated heterocycles. The van der Waals surface area contributed by atoms with Gasteiger partial charge in [0.2, 0.25) is 12.2 Å². The quantitative estimate of drug-likeness (QED) is 0.516. The Morgan fingerprint density at radius 2 is 1.88 bits per heavy atom. The van der Waals surface area contributed by atoms with Gasteiger partial charge in [-0.2, -0.15) is 18.2 Å². The average Bonchev–Trinajstić information content (AvgIpc) is 3.13. The minimum absolute atomic E-state index is 0.0140. The van der Waals surface area contributed by atoms with E-state index in [-0.39, 0.29) is 24.2 Å². The molecule has 2 aliphatic rings. The van der Waals surface area contributed by atoms with E-state index in [1.807, 2.05) is 0 Å². The van der Waals surface area contributed by atoms with Gasteiger partial charge in [-0.1, -0.05) is 13.0 Å². The molecule has 12 heteroatoms. The molecule has 174 valence electrons. The van der Waals surface area contributed by atoms with Crippen molar-refractivity contribution in [3.63, 3.8) is 0 Å². The fraction of sp³-hybridized carbons (Fsp3) is 0.450. The number of rotatable bonds is 4. The van der Waals surface area contributed by atoms with Crippen LogP contribution >= 0.6 is 0 Å². The van der Waals surface area contributed by atoms with E-state index in [2.05, 4.69) is 21.7 Å². The first-order chi connectivity index (χ1) is 15.1. The summed E-state index contributed by atoms with van der Waals surface area (Å²) >= 11 is 0. The van der Waals surface area contributed by atoms with Crippen LogP contribution in [-0.2, 0) is 17.9 Å². The summed E-state index contributed by atoms with van der Waals surface area (Å²) in [5.41, 5.74) is 0.126. The average molecular weight is 460 g/mol. The van der Waals surface area contributed by atoms with Crippen molar-refractivity contribution in [3.05, 3.63) is 51.9 Å². The zero-order valence-electron chi connectivity index (χ0n) is 17.1. The second-order valence-corrected chi connectivity index (χ2v) is 7.28. The molecule has 0 aliphatic carbocycles. The number of halogens is 5. The molecule has 7 nitrogen and oxygen atoms in total. The first kappa shape index (κ1) is 23.6. The molecule has 1 aromatic heterocycles. The number of anilines is 1. The maximum Gasteiger partial charge on any atom is 0.446 e. The van der Waals surface area contributed by atoms with E-state index in [0.717, 1.165) is 44.1 Å². The summed E-state index contributed by atoms with van der Waals surface area (Å²) in [7, 11) is 0. The number of alkyl halides is 3. The molecule has 0 spiro atoms. The van der Waals surface area contributed by atoms with Gasteiger partial charge >= 0.3 is 11.9 Å². The molecule has 0 N–H and O–H groups in total. The van der Waals surface area contributed by atoms with Crippen LogP contribution in [0.2, 0.25) is 0 Å². The summed E-state index contributed by atoms with van der Waals surface area (Å²) in [6.45, 7) is 6.50. The molecule has 2 aromatic rings. The fourth-order valence-corrected chi connectivity index (χ4v) is 3.62. The van der Waals surface area contributed by atoms with Crippen LogP contribution < -0.4 is 15.3 Å². The SMILES string of the molecule is CCN1CCN2c3cc(OCc4ccc(F)c(F)c4)nc(=O)n3CC2C1.O=CC(F)(F)F. The van der Waals surface area contributed by atoms with Crippen molar-refractivity contribution in [1.29, 1.82) is 0 Å². The molecule has 2 aliphatic heterocycles.